The summed E-state index contributed by atoms with van der Waals surface area (Å²) in [5.41, 5.74) is 1.65. The van der Waals surface area contributed by atoms with Gasteiger partial charge in [0.05, 0.1) is 24.8 Å². The Labute approximate surface area is 196 Å². The summed E-state index contributed by atoms with van der Waals surface area (Å²) in [6.45, 7) is 1.40. The molecule has 9 heteroatoms. The molecular formula is C23H23BrN2O5S. The van der Waals surface area contributed by atoms with Gasteiger partial charge in [0.15, 0.2) is 0 Å². The van der Waals surface area contributed by atoms with Crippen LogP contribution in [0.4, 0.5) is 11.4 Å². The zero-order valence-corrected chi connectivity index (χ0v) is 20.2. The molecule has 0 aliphatic rings. The van der Waals surface area contributed by atoms with Crippen molar-refractivity contribution in [3.8, 4) is 11.5 Å². The number of rotatable bonds is 8. The quantitative estimate of drug-likeness (QED) is 0.470. The van der Waals surface area contributed by atoms with Crippen LogP contribution in [-0.4, -0.2) is 35.1 Å². The van der Waals surface area contributed by atoms with E-state index >= 15 is 0 Å². The molecule has 0 heterocycles. The van der Waals surface area contributed by atoms with Crippen molar-refractivity contribution in [2.45, 2.75) is 11.8 Å². The summed E-state index contributed by atoms with van der Waals surface area (Å²) in [6.07, 6.45) is 0. The number of nitrogens with one attached hydrogen (secondary N) is 1. The summed E-state index contributed by atoms with van der Waals surface area (Å²) in [7, 11) is -1.19. The van der Waals surface area contributed by atoms with Crippen LogP contribution in [0.2, 0.25) is 0 Å². The minimum Gasteiger partial charge on any atom is -0.497 e. The summed E-state index contributed by atoms with van der Waals surface area (Å²) in [6, 6.07) is 18.2. The molecule has 0 bridgehead atoms. The maximum Gasteiger partial charge on any atom is 0.264 e. The van der Waals surface area contributed by atoms with E-state index in [0.29, 0.717) is 11.4 Å². The molecule has 3 aromatic carbocycles. The Bertz CT molecular complexity index is 1210. The van der Waals surface area contributed by atoms with Gasteiger partial charge in [-0.05, 0) is 49.4 Å². The number of methoxy groups -OCH3 is 2. The predicted octanol–water partition coefficient (Wildman–Crippen LogP) is 4.61. The van der Waals surface area contributed by atoms with Crippen molar-refractivity contribution in [1.82, 2.24) is 0 Å². The van der Waals surface area contributed by atoms with E-state index in [4.69, 9.17) is 9.47 Å². The zero-order chi connectivity index (χ0) is 23.3. The highest BCUT2D eigenvalue weighted by Crippen LogP contribution is 2.35. The average Bonchev–Trinajstić information content (AvgIpc) is 2.77. The molecule has 0 radical (unpaired) electrons. The summed E-state index contributed by atoms with van der Waals surface area (Å²) in [4.78, 5) is 12.9. The van der Waals surface area contributed by atoms with Crippen LogP contribution < -0.4 is 19.1 Å². The Morgan fingerprint density at radius 3 is 2.34 bits per heavy atom. The SMILES string of the molecule is COc1ccc(OC)c(N(CC(=O)Nc2cccc(Br)c2)S(=O)(=O)c2ccc(C)cc2)c1. The van der Waals surface area contributed by atoms with Gasteiger partial charge >= 0.3 is 0 Å². The number of nitrogens with zero attached hydrogens (tertiary/aromatic N) is 1. The lowest BCUT2D eigenvalue weighted by Gasteiger charge is -2.26. The number of hydrogen-bond acceptors (Lipinski definition) is 5. The van der Waals surface area contributed by atoms with Gasteiger partial charge in [-0.3, -0.25) is 9.10 Å². The van der Waals surface area contributed by atoms with Crippen LogP contribution >= 0.6 is 15.9 Å². The van der Waals surface area contributed by atoms with E-state index < -0.39 is 22.5 Å². The van der Waals surface area contributed by atoms with E-state index in [9.17, 15) is 13.2 Å². The Hall–Kier alpha value is -3.04. The maximum absolute atomic E-state index is 13.6. The van der Waals surface area contributed by atoms with Crippen LogP contribution in [0.3, 0.4) is 0 Å². The van der Waals surface area contributed by atoms with Crippen LogP contribution in [0.5, 0.6) is 11.5 Å². The number of carbonyl (C=O) groups is 1. The average molecular weight is 519 g/mol. The topological polar surface area (TPSA) is 84.9 Å². The standard InChI is InChI=1S/C23H23BrN2O5S/c1-16-7-10-20(11-8-16)32(28,29)26(21-14-19(30-2)9-12-22(21)31-3)15-23(27)25-18-6-4-5-17(24)13-18/h4-14H,15H2,1-3H3,(H,25,27). The van der Waals surface area contributed by atoms with E-state index in [-0.39, 0.29) is 16.3 Å². The largest absolute Gasteiger partial charge is 0.497 e. The van der Waals surface area contributed by atoms with Crippen LogP contribution in [-0.2, 0) is 14.8 Å². The molecule has 1 amide bonds. The molecule has 1 N–H and O–H groups in total. The fraction of sp³-hybridized carbons (Fsp3) is 0.174. The molecule has 0 fully saturated rings. The monoisotopic (exact) mass is 518 g/mol. The van der Waals surface area contributed by atoms with Crippen molar-refractivity contribution < 1.29 is 22.7 Å². The molecule has 3 aromatic rings. The summed E-state index contributed by atoms with van der Waals surface area (Å²) >= 11 is 3.35. The number of amides is 1. The first-order valence-electron chi connectivity index (χ1n) is 9.61. The smallest absolute Gasteiger partial charge is 0.264 e. The Morgan fingerprint density at radius 1 is 1.00 bits per heavy atom. The number of aryl methyl sites for hydroxylation is 1. The van der Waals surface area contributed by atoms with Gasteiger partial charge in [0.2, 0.25) is 5.91 Å². The van der Waals surface area contributed by atoms with Crippen LogP contribution in [0.15, 0.2) is 76.1 Å². The first kappa shape index (κ1) is 23.6. The molecule has 0 aliphatic heterocycles. The highest BCUT2D eigenvalue weighted by Gasteiger charge is 2.30. The number of carbonyl (C=O) groups excluding carboxylic acids is 1. The second kappa shape index (κ2) is 10.1. The molecule has 0 aliphatic carbocycles. The molecule has 0 spiro atoms. The Balaban J connectivity index is 2.05. The second-order valence-electron chi connectivity index (χ2n) is 6.92. The third kappa shape index (κ3) is 5.41. The molecule has 0 aromatic heterocycles. The number of halogens is 1. The lowest BCUT2D eigenvalue weighted by molar-refractivity contribution is -0.114. The van der Waals surface area contributed by atoms with Crippen molar-refractivity contribution in [3.05, 3.63) is 76.8 Å². The third-order valence-corrected chi connectivity index (χ3v) is 6.93. The highest BCUT2D eigenvalue weighted by molar-refractivity contribution is 9.10. The highest BCUT2D eigenvalue weighted by atomic mass is 79.9. The van der Waals surface area contributed by atoms with E-state index in [2.05, 4.69) is 21.2 Å². The summed E-state index contributed by atoms with van der Waals surface area (Å²) in [5.74, 6) is 0.206. The molecule has 32 heavy (non-hydrogen) atoms. The van der Waals surface area contributed by atoms with Crippen LogP contribution in [0, 0.1) is 6.92 Å². The summed E-state index contributed by atoms with van der Waals surface area (Å²) in [5, 5.41) is 2.73. The molecule has 0 atom stereocenters. The Morgan fingerprint density at radius 2 is 1.72 bits per heavy atom. The van der Waals surface area contributed by atoms with Gasteiger partial charge in [-0.2, -0.15) is 0 Å². The lowest BCUT2D eigenvalue weighted by atomic mass is 10.2. The molecule has 168 valence electrons. The molecular weight excluding hydrogens is 496 g/mol. The van der Waals surface area contributed by atoms with Gasteiger partial charge < -0.3 is 14.8 Å². The minimum atomic E-state index is -4.10. The second-order valence-corrected chi connectivity index (χ2v) is 9.70. The normalized spacial score (nSPS) is 11.0. The van der Waals surface area contributed by atoms with Gasteiger partial charge in [0, 0.05) is 16.2 Å². The van der Waals surface area contributed by atoms with Crippen molar-refractivity contribution in [1.29, 1.82) is 0 Å². The number of hydrogen-bond donors (Lipinski definition) is 1. The van der Waals surface area contributed by atoms with E-state index in [1.54, 1.807) is 42.5 Å². The fourth-order valence-corrected chi connectivity index (χ4v) is 4.85. The van der Waals surface area contributed by atoms with Crippen LogP contribution in [0.25, 0.3) is 0 Å². The molecule has 3 rings (SSSR count). The van der Waals surface area contributed by atoms with Gasteiger partial charge in [0.1, 0.15) is 18.0 Å². The summed E-state index contributed by atoms with van der Waals surface area (Å²) < 4.78 is 39.7. The van der Waals surface area contributed by atoms with Crippen molar-refractivity contribution in [3.63, 3.8) is 0 Å². The van der Waals surface area contributed by atoms with Gasteiger partial charge in [0.25, 0.3) is 10.0 Å². The fourth-order valence-electron chi connectivity index (χ4n) is 3.03. The molecule has 0 unspecified atom stereocenters. The third-order valence-electron chi connectivity index (χ3n) is 4.66. The number of sulfonamides is 1. The van der Waals surface area contributed by atoms with Crippen LogP contribution in [0.1, 0.15) is 5.56 Å². The number of benzene rings is 3. The van der Waals surface area contributed by atoms with Gasteiger partial charge in [-0.1, -0.05) is 39.7 Å². The Kier molecular flexibility index (Phi) is 7.42. The van der Waals surface area contributed by atoms with Gasteiger partial charge in [-0.15, -0.1) is 0 Å². The predicted molar refractivity (Wildman–Crippen MR) is 128 cm³/mol. The molecule has 0 saturated carbocycles. The van der Waals surface area contributed by atoms with Gasteiger partial charge in [-0.25, -0.2) is 8.42 Å². The van der Waals surface area contributed by atoms with E-state index in [0.717, 1.165) is 14.3 Å². The van der Waals surface area contributed by atoms with E-state index in [1.807, 2.05) is 13.0 Å². The molecule has 0 saturated heterocycles. The molecule has 7 nitrogen and oxygen atoms in total. The van der Waals surface area contributed by atoms with Crippen molar-refractivity contribution in [2.24, 2.45) is 0 Å². The number of anilines is 2. The minimum absolute atomic E-state index is 0.0585. The first-order valence-corrected chi connectivity index (χ1v) is 11.8. The zero-order valence-electron chi connectivity index (χ0n) is 17.8. The maximum atomic E-state index is 13.6. The first-order chi connectivity index (χ1) is 15.2. The lowest BCUT2D eigenvalue weighted by Crippen LogP contribution is -2.38. The van der Waals surface area contributed by atoms with E-state index in [1.165, 1.54) is 32.4 Å². The van der Waals surface area contributed by atoms with Crippen molar-refractivity contribution >= 4 is 43.2 Å². The number of ether oxygens (including phenoxy) is 2. The van der Waals surface area contributed by atoms with Crippen molar-refractivity contribution in [2.75, 3.05) is 30.4 Å².